The summed E-state index contributed by atoms with van der Waals surface area (Å²) >= 11 is 0. The molecule has 0 aliphatic carbocycles. The quantitative estimate of drug-likeness (QED) is 0.436. The third kappa shape index (κ3) is 2.31. The zero-order valence-electron chi connectivity index (χ0n) is 11.0. The summed E-state index contributed by atoms with van der Waals surface area (Å²) in [6.45, 7) is 0. The summed E-state index contributed by atoms with van der Waals surface area (Å²) in [7, 11) is 0. The summed E-state index contributed by atoms with van der Waals surface area (Å²) in [6.07, 6.45) is 0. The molecule has 23 heavy (non-hydrogen) atoms. The van der Waals surface area contributed by atoms with Crippen molar-refractivity contribution in [2.24, 2.45) is 0 Å². The Balaban J connectivity index is 0.00000156. The second-order valence-electron chi connectivity index (χ2n) is 4.90. The number of benzene rings is 2. The van der Waals surface area contributed by atoms with E-state index in [1.54, 1.807) is 6.07 Å². The van der Waals surface area contributed by atoms with Crippen LogP contribution in [0.25, 0.3) is 11.0 Å². The zero-order chi connectivity index (χ0) is 15.3. The number of carbonyl (C=O) groups is 1. The van der Waals surface area contributed by atoms with Crippen LogP contribution < -0.4 is 5.32 Å². The van der Waals surface area contributed by atoms with Crippen molar-refractivity contribution in [3.63, 3.8) is 0 Å². The summed E-state index contributed by atoms with van der Waals surface area (Å²) in [5, 5.41) is 21.2. The van der Waals surface area contributed by atoms with Crippen molar-refractivity contribution in [2.45, 2.75) is 5.92 Å². The van der Waals surface area contributed by atoms with Gasteiger partial charge in [0.1, 0.15) is 5.52 Å². The molecule has 9 heteroatoms. The molecule has 1 aliphatic rings. The van der Waals surface area contributed by atoms with Gasteiger partial charge in [-0.25, -0.2) is 4.63 Å². The molecule has 0 radical (unpaired) electrons. The van der Waals surface area contributed by atoms with Gasteiger partial charge in [-0.15, -0.1) is 0 Å². The molecule has 1 unspecified atom stereocenters. The van der Waals surface area contributed by atoms with Crippen LogP contribution in [-0.2, 0) is 4.79 Å². The number of rotatable bonds is 2. The fraction of sp³-hybridized carbons (Fsp3) is 0.0714. The minimum absolute atomic E-state index is 0. The monoisotopic (exact) mass is 320 g/mol. The molecule has 1 amide bonds. The maximum absolute atomic E-state index is 12.3. The summed E-state index contributed by atoms with van der Waals surface area (Å²) in [4.78, 5) is 22.8. The van der Waals surface area contributed by atoms with Crippen LogP contribution in [0.3, 0.4) is 0 Å². The van der Waals surface area contributed by atoms with Crippen molar-refractivity contribution >= 4 is 57.9 Å². The molecular formula is C14H9N4NaO4. The van der Waals surface area contributed by atoms with Crippen LogP contribution in [0, 0.1) is 10.1 Å². The molecule has 110 valence electrons. The number of anilines is 1. The van der Waals surface area contributed by atoms with E-state index in [2.05, 4.69) is 20.3 Å². The van der Waals surface area contributed by atoms with Crippen molar-refractivity contribution in [2.75, 3.05) is 5.32 Å². The standard InChI is InChI=1S/C14H8N4O4.Na.H/c19-14-11(7-3-1-2-4-9(7)15-14)8-5-6-10(18(20)21)13-12(8)16-22-17-13;;/h1-6,11H,(H,15,19);;. The number of fused-ring (bicyclic) bond motifs is 2. The van der Waals surface area contributed by atoms with Gasteiger partial charge in [-0.05, 0) is 28.0 Å². The van der Waals surface area contributed by atoms with E-state index in [9.17, 15) is 14.9 Å². The van der Waals surface area contributed by atoms with E-state index in [1.807, 2.05) is 18.2 Å². The summed E-state index contributed by atoms with van der Waals surface area (Å²) in [5.74, 6) is -0.800. The van der Waals surface area contributed by atoms with E-state index in [0.717, 1.165) is 11.3 Å². The van der Waals surface area contributed by atoms with E-state index < -0.39 is 10.8 Å². The Bertz CT molecular complexity index is 939. The molecule has 0 fully saturated rings. The van der Waals surface area contributed by atoms with Gasteiger partial charge in [0.25, 0.3) is 0 Å². The number of nitro benzene ring substituents is 1. The molecular weight excluding hydrogens is 311 g/mol. The van der Waals surface area contributed by atoms with Crippen molar-refractivity contribution in [1.82, 2.24) is 10.3 Å². The minimum atomic E-state index is -0.591. The molecule has 2 heterocycles. The Morgan fingerprint density at radius 1 is 1.09 bits per heavy atom. The van der Waals surface area contributed by atoms with E-state index in [-0.39, 0.29) is 52.2 Å². The average Bonchev–Trinajstić information content (AvgIpc) is 3.09. The number of nitrogens with one attached hydrogen (secondary N) is 1. The van der Waals surface area contributed by atoms with Gasteiger partial charge in [0.05, 0.1) is 10.8 Å². The molecule has 2 aromatic carbocycles. The summed E-state index contributed by atoms with van der Waals surface area (Å²) in [6, 6.07) is 10.1. The van der Waals surface area contributed by atoms with Crippen LogP contribution in [-0.4, -0.2) is 50.7 Å². The van der Waals surface area contributed by atoms with Gasteiger partial charge in [-0.2, -0.15) is 0 Å². The van der Waals surface area contributed by atoms with Gasteiger partial charge in [-0.3, -0.25) is 14.9 Å². The molecule has 1 aromatic heterocycles. The molecule has 1 atom stereocenters. The number of carbonyl (C=O) groups excluding carboxylic acids is 1. The zero-order valence-corrected chi connectivity index (χ0v) is 11.0. The van der Waals surface area contributed by atoms with Crippen LogP contribution in [0.2, 0.25) is 0 Å². The number of non-ortho nitro benzene ring substituents is 1. The van der Waals surface area contributed by atoms with Crippen LogP contribution in [0.1, 0.15) is 17.0 Å². The molecule has 1 aliphatic heterocycles. The molecule has 0 saturated carbocycles. The van der Waals surface area contributed by atoms with Crippen LogP contribution in [0.4, 0.5) is 11.4 Å². The Morgan fingerprint density at radius 2 is 1.83 bits per heavy atom. The second kappa shape index (κ2) is 5.73. The van der Waals surface area contributed by atoms with Crippen molar-refractivity contribution in [3.05, 3.63) is 57.6 Å². The normalized spacial score (nSPS) is 15.8. The van der Waals surface area contributed by atoms with Crippen molar-refractivity contribution in [3.8, 4) is 0 Å². The molecule has 8 nitrogen and oxygen atoms in total. The van der Waals surface area contributed by atoms with E-state index >= 15 is 0 Å². The first-order chi connectivity index (χ1) is 10.7. The Labute approximate surface area is 151 Å². The Hall–Kier alpha value is -2.29. The van der Waals surface area contributed by atoms with Gasteiger partial charge in [0.2, 0.25) is 11.4 Å². The maximum atomic E-state index is 12.3. The SMILES string of the molecule is O=C1Nc2ccccc2C1c1ccc([N+](=O)[O-])c2nonc12.[NaH]. The van der Waals surface area contributed by atoms with Gasteiger partial charge in [-0.1, -0.05) is 18.2 Å². The Kier molecular flexibility index (Phi) is 3.88. The van der Waals surface area contributed by atoms with Gasteiger partial charge in [0.15, 0.2) is 0 Å². The molecule has 0 saturated heterocycles. The number of aromatic nitrogens is 2. The van der Waals surface area contributed by atoms with Gasteiger partial charge in [0, 0.05) is 17.3 Å². The van der Waals surface area contributed by atoms with E-state index in [1.165, 1.54) is 12.1 Å². The fourth-order valence-electron chi connectivity index (χ4n) is 2.77. The molecule has 0 bridgehead atoms. The fourth-order valence-corrected chi connectivity index (χ4v) is 2.77. The topological polar surface area (TPSA) is 111 Å². The summed E-state index contributed by atoms with van der Waals surface area (Å²) < 4.78 is 4.64. The second-order valence-corrected chi connectivity index (χ2v) is 4.90. The van der Waals surface area contributed by atoms with Crippen molar-refractivity contribution in [1.29, 1.82) is 0 Å². The third-order valence-corrected chi connectivity index (χ3v) is 3.72. The first kappa shape index (κ1) is 15.6. The number of amides is 1. The van der Waals surface area contributed by atoms with Gasteiger partial charge >= 0.3 is 35.2 Å². The van der Waals surface area contributed by atoms with Crippen molar-refractivity contribution < 1.29 is 14.3 Å². The number of nitro groups is 1. The first-order valence-electron chi connectivity index (χ1n) is 6.46. The van der Waals surface area contributed by atoms with E-state index in [4.69, 9.17) is 0 Å². The number of hydrogen-bond acceptors (Lipinski definition) is 6. The van der Waals surface area contributed by atoms with Crippen LogP contribution >= 0.6 is 0 Å². The van der Waals surface area contributed by atoms with Gasteiger partial charge < -0.3 is 5.32 Å². The van der Waals surface area contributed by atoms with Crippen LogP contribution in [0.5, 0.6) is 0 Å². The summed E-state index contributed by atoms with van der Waals surface area (Å²) in [5.41, 5.74) is 2.12. The third-order valence-electron chi connectivity index (χ3n) is 3.72. The average molecular weight is 320 g/mol. The first-order valence-corrected chi connectivity index (χ1v) is 6.46. The number of nitrogens with zero attached hydrogens (tertiary/aromatic N) is 3. The van der Waals surface area contributed by atoms with Crippen LogP contribution in [0.15, 0.2) is 41.0 Å². The predicted octanol–water partition coefficient (Wildman–Crippen LogP) is 1.57. The molecule has 3 aromatic rings. The Morgan fingerprint density at radius 3 is 2.61 bits per heavy atom. The number of hydrogen-bond donors (Lipinski definition) is 1. The van der Waals surface area contributed by atoms with E-state index in [0.29, 0.717) is 5.56 Å². The number of para-hydroxylation sites is 1. The molecule has 0 spiro atoms. The predicted molar refractivity (Wildman–Crippen MR) is 82.5 cm³/mol. The molecule has 1 N–H and O–H groups in total. The molecule has 4 rings (SSSR count).